The zero-order valence-electron chi connectivity index (χ0n) is 10.8. The number of nitrogens with zero attached hydrogens (tertiary/aromatic N) is 2. The lowest BCUT2D eigenvalue weighted by atomic mass is 10.2. The number of aryl methyl sites for hydroxylation is 1. The molecule has 0 bridgehead atoms. The highest BCUT2D eigenvalue weighted by molar-refractivity contribution is 7.99. The third-order valence-electron chi connectivity index (χ3n) is 2.54. The highest BCUT2D eigenvalue weighted by Crippen LogP contribution is 2.32. The fraction of sp³-hybridized carbons (Fsp3) is 0.308. The van der Waals surface area contributed by atoms with E-state index in [0.29, 0.717) is 17.0 Å². The van der Waals surface area contributed by atoms with Gasteiger partial charge in [-0.05, 0) is 24.2 Å². The topological polar surface area (TPSA) is 29.9 Å². The van der Waals surface area contributed by atoms with Crippen molar-refractivity contribution in [1.82, 2.24) is 15.1 Å². The summed E-state index contributed by atoms with van der Waals surface area (Å²) in [5.74, 6) is -1.08. The average Bonchev–Trinajstić information content (AvgIpc) is 2.77. The molecule has 0 fully saturated rings. The number of halogens is 2. The van der Waals surface area contributed by atoms with Gasteiger partial charge in [0, 0.05) is 19.8 Å². The van der Waals surface area contributed by atoms with Crippen molar-refractivity contribution in [1.29, 1.82) is 0 Å². The number of nitrogens with one attached hydrogen (secondary N) is 1. The predicted octanol–water partition coefficient (Wildman–Crippen LogP) is 2.96. The van der Waals surface area contributed by atoms with Gasteiger partial charge in [0.05, 0.1) is 16.0 Å². The lowest BCUT2D eigenvalue weighted by molar-refractivity contribution is 0.535. The van der Waals surface area contributed by atoms with Crippen molar-refractivity contribution in [3.63, 3.8) is 0 Å². The lowest BCUT2D eigenvalue weighted by Crippen LogP contribution is -2.12. The summed E-state index contributed by atoms with van der Waals surface area (Å²) in [6, 6.07) is 2.73. The molecule has 1 aromatic carbocycles. The Bertz CT molecular complexity index is 546. The Labute approximate surface area is 115 Å². The fourth-order valence-corrected chi connectivity index (χ4v) is 2.50. The summed E-state index contributed by atoms with van der Waals surface area (Å²) in [5.41, 5.74) is 0.604. The Balaban J connectivity index is 2.21. The molecular weight excluding hydrogens is 268 g/mol. The minimum Gasteiger partial charge on any atom is -0.313 e. The zero-order chi connectivity index (χ0) is 13.8. The van der Waals surface area contributed by atoms with Crippen molar-refractivity contribution < 1.29 is 8.78 Å². The van der Waals surface area contributed by atoms with Gasteiger partial charge in [-0.3, -0.25) is 4.68 Å². The van der Waals surface area contributed by atoms with Crippen LogP contribution in [-0.2, 0) is 13.6 Å². The van der Waals surface area contributed by atoms with Gasteiger partial charge in [-0.15, -0.1) is 0 Å². The summed E-state index contributed by atoms with van der Waals surface area (Å²) >= 11 is 1.04. The smallest absolute Gasteiger partial charge is 0.140 e. The van der Waals surface area contributed by atoms with E-state index >= 15 is 0 Å². The molecule has 19 heavy (non-hydrogen) atoms. The molecule has 102 valence electrons. The molecule has 1 N–H and O–H groups in total. The molecule has 0 aliphatic carbocycles. The molecule has 0 amide bonds. The number of hydrogen-bond acceptors (Lipinski definition) is 3. The van der Waals surface area contributed by atoms with Crippen LogP contribution in [0.4, 0.5) is 8.78 Å². The van der Waals surface area contributed by atoms with Crippen LogP contribution in [0.15, 0.2) is 34.3 Å². The zero-order valence-corrected chi connectivity index (χ0v) is 11.6. The molecule has 0 spiro atoms. The van der Waals surface area contributed by atoms with Crippen LogP contribution in [0.25, 0.3) is 0 Å². The van der Waals surface area contributed by atoms with Crippen LogP contribution in [0, 0.1) is 11.6 Å². The van der Waals surface area contributed by atoms with Crippen LogP contribution in [0.3, 0.4) is 0 Å². The van der Waals surface area contributed by atoms with Gasteiger partial charge >= 0.3 is 0 Å². The van der Waals surface area contributed by atoms with E-state index in [1.54, 1.807) is 24.1 Å². The van der Waals surface area contributed by atoms with Crippen LogP contribution in [0.2, 0.25) is 0 Å². The van der Waals surface area contributed by atoms with E-state index in [0.717, 1.165) is 18.3 Å². The van der Waals surface area contributed by atoms with Crippen LogP contribution < -0.4 is 5.32 Å². The van der Waals surface area contributed by atoms with Gasteiger partial charge in [0.1, 0.15) is 11.6 Å². The fourth-order valence-electron chi connectivity index (χ4n) is 1.65. The number of aromatic nitrogens is 2. The SMILES string of the molecule is CCNCc1cc(F)c(Sc2cnn(C)c2)c(F)c1. The van der Waals surface area contributed by atoms with Crippen molar-refractivity contribution in [2.45, 2.75) is 23.3 Å². The molecule has 0 unspecified atom stereocenters. The highest BCUT2D eigenvalue weighted by Gasteiger charge is 2.13. The Kier molecular flexibility index (Phi) is 4.55. The molecule has 0 aliphatic rings. The van der Waals surface area contributed by atoms with Crippen LogP contribution in [0.1, 0.15) is 12.5 Å². The number of hydrogen-bond donors (Lipinski definition) is 1. The van der Waals surface area contributed by atoms with Gasteiger partial charge in [0.15, 0.2) is 0 Å². The van der Waals surface area contributed by atoms with Gasteiger partial charge in [-0.1, -0.05) is 18.7 Å². The van der Waals surface area contributed by atoms with Crippen LogP contribution in [0.5, 0.6) is 0 Å². The Morgan fingerprint density at radius 3 is 2.53 bits per heavy atom. The van der Waals surface area contributed by atoms with Crippen molar-refractivity contribution in [2.75, 3.05) is 6.54 Å². The standard InChI is InChI=1S/C13H15F2N3S/c1-3-16-6-9-4-11(14)13(12(15)5-9)19-10-7-17-18(2)8-10/h4-5,7-8,16H,3,6H2,1-2H3. The van der Waals surface area contributed by atoms with E-state index in [2.05, 4.69) is 10.4 Å². The summed E-state index contributed by atoms with van der Waals surface area (Å²) in [6.07, 6.45) is 3.30. The second-order valence-corrected chi connectivity index (χ2v) is 5.20. The number of benzene rings is 1. The molecule has 3 nitrogen and oxygen atoms in total. The molecule has 2 aromatic rings. The molecule has 6 heteroatoms. The van der Waals surface area contributed by atoms with Crippen LogP contribution >= 0.6 is 11.8 Å². The monoisotopic (exact) mass is 283 g/mol. The molecular formula is C13H15F2N3S. The minimum absolute atomic E-state index is 0.00764. The molecule has 0 saturated heterocycles. The summed E-state index contributed by atoms with van der Waals surface area (Å²) in [5, 5.41) is 7.01. The maximum atomic E-state index is 13.9. The molecule has 0 atom stereocenters. The first-order chi connectivity index (χ1) is 9.10. The largest absolute Gasteiger partial charge is 0.313 e. The van der Waals surface area contributed by atoms with Gasteiger partial charge in [-0.2, -0.15) is 5.10 Å². The van der Waals surface area contributed by atoms with Crippen LogP contribution in [-0.4, -0.2) is 16.3 Å². The maximum absolute atomic E-state index is 13.9. The first kappa shape index (κ1) is 14.0. The molecule has 2 rings (SSSR count). The molecule has 1 aromatic heterocycles. The first-order valence-corrected chi connectivity index (χ1v) is 6.77. The number of rotatable bonds is 5. The second kappa shape index (κ2) is 6.16. The lowest BCUT2D eigenvalue weighted by Gasteiger charge is -2.07. The Morgan fingerprint density at radius 1 is 1.32 bits per heavy atom. The van der Waals surface area contributed by atoms with E-state index < -0.39 is 11.6 Å². The van der Waals surface area contributed by atoms with Crippen molar-refractivity contribution in [3.05, 3.63) is 41.7 Å². The van der Waals surface area contributed by atoms with Crippen molar-refractivity contribution in [3.8, 4) is 0 Å². The summed E-state index contributed by atoms with van der Waals surface area (Å²) in [6.45, 7) is 3.16. The van der Waals surface area contributed by atoms with E-state index in [1.807, 2.05) is 6.92 Å². The minimum atomic E-state index is -0.540. The summed E-state index contributed by atoms with van der Waals surface area (Å²) in [4.78, 5) is 0.716. The summed E-state index contributed by atoms with van der Waals surface area (Å²) in [7, 11) is 1.76. The maximum Gasteiger partial charge on any atom is 0.140 e. The van der Waals surface area contributed by atoms with Gasteiger partial charge in [0.25, 0.3) is 0 Å². The molecule has 1 heterocycles. The summed E-state index contributed by atoms with van der Waals surface area (Å²) < 4.78 is 29.4. The van der Waals surface area contributed by atoms with Crippen molar-refractivity contribution in [2.24, 2.45) is 7.05 Å². The van der Waals surface area contributed by atoms with E-state index in [-0.39, 0.29) is 4.90 Å². The van der Waals surface area contributed by atoms with Gasteiger partial charge in [0.2, 0.25) is 0 Å². The second-order valence-electron chi connectivity index (χ2n) is 4.12. The van der Waals surface area contributed by atoms with E-state index in [9.17, 15) is 8.78 Å². The first-order valence-electron chi connectivity index (χ1n) is 5.95. The van der Waals surface area contributed by atoms with Gasteiger partial charge < -0.3 is 5.32 Å². The Morgan fingerprint density at radius 2 is 2.00 bits per heavy atom. The third kappa shape index (κ3) is 3.54. The Hall–Kier alpha value is -1.40. The van der Waals surface area contributed by atoms with E-state index in [4.69, 9.17) is 0 Å². The molecule has 0 saturated carbocycles. The molecule has 0 aliphatic heterocycles. The average molecular weight is 283 g/mol. The normalized spacial score (nSPS) is 10.9. The third-order valence-corrected chi connectivity index (χ3v) is 3.58. The van der Waals surface area contributed by atoms with Gasteiger partial charge in [-0.25, -0.2) is 8.78 Å². The predicted molar refractivity (Wildman–Crippen MR) is 71.1 cm³/mol. The quantitative estimate of drug-likeness (QED) is 0.915. The molecule has 0 radical (unpaired) electrons. The van der Waals surface area contributed by atoms with E-state index in [1.165, 1.54) is 12.1 Å². The highest BCUT2D eigenvalue weighted by atomic mass is 32.2. The van der Waals surface area contributed by atoms with Crippen molar-refractivity contribution >= 4 is 11.8 Å².